The summed E-state index contributed by atoms with van der Waals surface area (Å²) in [6.07, 6.45) is 2.43. The number of hydrogen-bond acceptors (Lipinski definition) is 7. The standard InChI is InChI=1S/C17H20N6O2/c1-17(7-9-18-10-8-17)16-19-14(25-21-16)6-11-23-15(24)12-4-2-3-5-13(12)20-22-23/h2-5,18H,6-11H2,1H3. The maximum Gasteiger partial charge on any atom is 0.277 e. The Balaban J connectivity index is 1.51. The van der Waals surface area contributed by atoms with Crippen LogP contribution in [-0.2, 0) is 18.4 Å². The molecule has 1 aliphatic heterocycles. The van der Waals surface area contributed by atoms with E-state index in [-0.39, 0.29) is 11.0 Å². The second-order valence-corrected chi connectivity index (χ2v) is 6.71. The number of hydrogen-bond donors (Lipinski definition) is 1. The van der Waals surface area contributed by atoms with E-state index in [2.05, 4.69) is 32.7 Å². The molecule has 2 aromatic heterocycles. The molecule has 0 atom stereocenters. The van der Waals surface area contributed by atoms with Crippen LogP contribution >= 0.6 is 0 Å². The molecular formula is C17H20N6O2. The van der Waals surface area contributed by atoms with Crippen LogP contribution in [0.15, 0.2) is 33.6 Å². The van der Waals surface area contributed by atoms with Gasteiger partial charge in [-0.1, -0.05) is 29.4 Å². The third kappa shape index (κ3) is 3.05. The zero-order valence-electron chi connectivity index (χ0n) is 14.1. The number of aromatic nitrogens is 5. The molecule has 0 unspecified atom stereocenters. The van der Waals surface area contributed by atoms with Crippen LogP contribution in [0.25, 0.3) is 10.9 Å². The van der Waals surface area contributed by atoms with E-state index in [1.54, 1.807) is 12.1 Å². The second-order valence-electron chi connectivity index (χ2n) is 6.71. The van der Waals surface area contributed by atoms with E-state index in [0.717, 1.165) is 31.8 Å². The van der Waals surface area contributed by atoms with Gasteiger partial charge in [-0.15, -0.1) is 5.10 Å². The van der Waals surface area contributed by atoms with Gasteiger partial charge in [-0.05, 0) is 38.1 Å². The lowest BCUT2D eigenvalue weighted by Crippen LogP contribution is -2.38. The van der Waals surface area contributed by atoms with E-state index >= 15 is 0 Å². The molecule has 130 valence electrons. The van der Waals surface area contributed by atoms with Crippen molar-refractivity contribution in [1.29, 1.82) is 0 Å². The quantitative estimate of drug-likeness (QED) is 0.758. The minimum Gasteiger partial charge on any atom is -0.339 e. The van der Waals surface area contributed by atoms with E-state index in [4.69, 9.17) is 4.52 Å². The average Bonchev–Trinajstić information content (AvgIpc) is 3.12. The van der Waals surface area contributed by atoms with Crippen LogP contribution in [-0.4, -0.2) is 38.2 Å². The summed E-state index contributed by atoms with van der Waals surface area (Å²) in [6, 6.07) is 7.19. The lowest BCUT2D eigenvalue weighted by atomic mass is 9.80. The van der Waals surface area contributed by atoms with Crippen LogP contribution in [0.1, 0.15) is 31.5 Å². The Bertz CT molecular complexity index is 941. The summed E-state index contributed by atoms with van der Waals surface area (Å²) in [4.78, 5) is 17.0. The van der Waals surface area contributed by atoms with Crippen molar-refractivity contribution in [2.24, 2.45) is 0 Å². The average molecular weight is 340 g/mol. The predicted octanol–water partition coefficient (Wildman–Crippen LogP) is 1.06. The van der Waals surface area contributed by atoms with E-state index in [1.807, 2.05) is 12.1 Å². The largest absolute Gasteiger partial charge is 0.339 e. The van der Waals surface area contributed by atoms with Crippen LogP contribution in [0.2, 0.25) is 0 Å². The van der Waals surface area contributed by atoms with Gasteiger partial charge in [0.05, 0.1) is 11.9 Å². The monoisotopic (exact) mass is 340 g/mol. The lowest BCUT2D eigenvalue weighted by Gasteiger charge is -2.30. The number of rotatable bonds is 4. The first-order valence-corrected chi connectivity index (χ1v) is 8.52. The Morgan fingerprint density at radius 1 is 1.28 bits per heavy atom. The number of benzene rings is 1. The lowest BCUT2D eigenvalue weighted by molar-refractivity contribution is 0.298. The molecular weight excluding hydrogens is 320 g/mol. The van der Waals surface area contributed by atoms with Gasteiger partial charge in [-0.3, -0.25) is 4.79 Å². The molecule has 0 aliphatic carbocycles. The Hall–Kier alpha value is -2.61. The molecule has 0 bridgehead atoms. The number of fused-ring (bicyclic) bond motifs is 1. The summed E-state index contributed by atoms with van der Waals surface area (Å²) in [5, 5.41) is 16.1. The number of aryl methyl sites for hydroxylation is 2. The highest BCUT2D eigenvalue weighted by atomic mass is 16.5. The summed E-state index contributed by atoms with van der Waals surface area (Å²) < 4.78 is 6.73. The van der Waals surface area contributed by atoms with Crippen molar-refractivity contribution in [3.8, 4) is 0 Å². The summed E-state index contributed by atoms with van der Waals surface area (Å²) >= 11 is 0. The molecule has 25 heavy (non-hydrogen) atoms. The normalized spacial score (nSPS) is 17.0. The fourth-order valence-electron chi connectivity index (χ4n) is 3.18. The van der Waals surface area contributed by atoms with Gasteiger partial charge in [-0.2, -0.15) is 4.98 Å². The van der Waals surface area contributed by atoms with Crippen molar-refractivity contribution in [3.05, 3.63) is 46.3 Å². The van der Waals surface area contributed by atoms with E-state index in [0.29, 0.717) is 29.8 Å². The van der Waals surface area contributed by atoms with E-state index in [9.17, 15) is 4.79 Å². The first-order valence-electron chi connectivity index (χ1n) is 8.52. The molecule has 1 saturated heterocycles. The molecule has 0 amide bonds. The van der Waals surface area contributed by atoms with Crippen molar-refractivity contribution in [1.82, 2.24) is 30.5 Å². The fourth-order valence-corrected chi connectivity index (χ4v) is 3.18. The molecule has 1 N–H and O–H groups in total. The number of nitrogens with zero attached hydrogens (tertiary/aromatic N) is 5. The Morgan fingerprint density at radius 3 is 2.92 bits per heavy atom. The van der Waals surface area contributed by atoms with E-state index in [1.165, 1.54) is 4.68 Å². The van der Waals surface area contributed by atoms with Gasteiger partial charge in [0.2, 0.25) is 5.89 Å². The van der Waals surface area contributed by atoms with Crippen LogP contribution in [0.4, 0.5) is 0 Å². The van der Waals surface area contributed by atoms with Crippen LogP contribution in [0.3, 0.4) is 0 Å². The van der Waals surface area contributed by atoms with Gasteiger partial charge >= 0.3 is 0 Å². The highest BCUT2D eigenvalue weighted by molar-refractivity contribution is 5.76. The SMILES string of the molecule is CC1(c2noc(CCn3nnc4ccccc4c3=O)n2)CCNCC1. The molecule has 1 fully saturated rings. The first-order chi connectivity index (χ1) is 12.2. The molecule has 0 spiro atoms. The summed E-state index contributed by atoms with van der Waals surface area (Å²) in [7, 11) is 0. The van der Waals surface area contributed by atoms with Crippen LogP contribution < -0.4 is 10.9 Å². The van der Waals surface area contributed by atoms with Gasteiger partial charge in [0, 0.05) is 11.8 Å². The number of piperidine rings is 1. The second kappa shape index (κ2) is 6.36. The highest BCUT2D eigenvalue weighted by Gasteiger charge is 2.33. The van der Waals surface area contributed by atoms with Crippen LogP contribution in [0.5, 0.6) is 0 Å². The van der Waals surface area contributed by atoms with E-state index < -0.39 is 0 Å². The number of nitrogens with one attached hydrogen (secondary N) is 1. The van der Waals surface area contributed by atoms with Crippen molar-refractivity contribution in [2.75, 3.05) is 13.1 Å². The summed E-state index contributed by atoms with van der Waals surface area (Å²) in [5.41, 5.74) is 0.394. The highest BCUT2D eigenvalue weighted by Crippen LogP contribution is 2.30. The maximum atomic E-state index is 12.4. The van der Waals surface area contributed by atoms with Crippen molar-refractivity contribution < 1.29 is 4.52 Å². The molecule has 0 saturated carbocycles. The summed E-state index contributed by atoms with van der Waals surface area (Å²) in [6.45, 7) is 4.45. The molecule has 3 aromatic rings. The molecule has 8 heteroatoms. The first kappa shape index (κ1) is 15.9. The minimum atomic E-state index is -0.157. The van der Waals surface area contributed by atoms with Crippen molar-refractivity contribution in [3.63, 3.8) is 0 Å². The fraction of sp³-hybridized carbons (Fsp3) is 0.471. The van der Waals surface area contributed by atoms with Crippen LogP contribution in [0, 0.1) is 0 Å². The van der Waals surface area contributed by atoms with Gasteiger partial charge in [0.1, 0.15) is 5.52 Å². The topological polar surface area (TPSA) is 98.7 Å². The molecule has 4 rings (SSSR count). The van der Waals surface area contributed by atoms with Gasteiger partial charge in [0.25, 0.3) is 5.56 Å². The molecule has 0 radical (unpaired) electrons. The third-order valence-electron chi connectivity index (χ3n) is 4.88. The Kier molecular flexibility index (Phi) is 4.04. The zero-order valence-corrected chi connectivity index (χ0v) is 14.1. The van der Waals surface area contributed by atoms with Gasteiger partial charge in [0.15, 0.2) is 5.82 Å². The molecule has 1 aromatic carbocycles. The molecule has 8 nitrogen and oxygen atoms in total. The Labute approximate surface area is 144 Å². The van der Waals surface area contributed by atoms with Gasteiger partial charge in [-0.25, -0.2) is 4.68 Å². The minimum absolute atomic E-state index is 0.0490. The molecule has 3 heterocycles. The third-order valence-corrected chi connectivity index (χ3v) is 4.88. The summed E-state index contributed by atoms with van der Waals surface area (Å²) in [5.74, 6) is 1.28. The predicted molar refractivity (Wildman–Crippen MR) is 91.3 cm³/mol. The van der Waals surface area contributed by atoms with Crippen molar-refractivity contribution in [2.45, 2.75) is 38.1 Å². The van der Waals surface area contributed by atoms with Crippen molar-refractivity contribution >= 4 is 10.9 Å². The Morgan fingerprint density at radius 2 is 2.08 bits per heavy atom. The smallest absolute Gasteiger partial charge is 0.277 e. The zero-order chi connectivity index (χ0) is 17.3. The molecule has 1 aliphatic rings. The maximum absolute atomic E-state index is 12.4. The van der Waals surface area contributed by atoms with Gasteiger partial charge < -0.3 is 9.84 Å².